The zero-order valence-corrected chi connectivity index (χ0v) is 23.1. The van der Waals surface area contributed by atoms with Crippen molar-refractivity contribution in [1.29, 1.82) is 0 Å². The molecule has 5 heteroatoms. The summed E-state index contributed by atoms with van der Waals surface area (Å²) >= 11 is 0. The van der Waals surface area contributed by atoms with E-state index >= 15 is 0 Å². The fourth-order valence-electron chi connectivity index (χ4n) is 9.23. The number of nitrogens with one attached hydrogen (secondary N) is 1. The van der Waals surface area contributed by atoms with Gasteiger partial charge in [0.15, 0.2) is 0 Å². The lowest BCUT2D eigenvalue weighted by Gasteiger charge is -2.59. The fraction of sp³-hybridized carbons (Fsp3) is 0.719. The molecule has 0 heterocycles. The van der Waals surface area contributed by atoms with Crippen LogP contribution in [0.2, 0.25) is 0 Å². The molecule has 0 aromatic heterocycles. The monoisotopic (exact) mass is 508 g/mol. The second-order valence-corrected chi connectivity index (χ2v) is 13.3. The zero-order chi connectivity index (χ0) is 26.3. The standard InChI is InChI=1S/C32H48N2O3/c1-30-18-16-24(35)21-22(30)12-13-25-26-14-15-28(31(26,2)19-17-27(25)30)32(3,37)29(36)11-7-8-20-33-34-23-9-5-4-6-10-23/h4-6,9-10,12,20,24-29,34-37H,7-8,11,13-19,21H2,1-3H3/b33-20+/t24-,25-,26-,27-,28-,29+,30-,31-,32+/m0/s1. The first kappa shape index (κ1) is 26.9. The predicted molar refractivity (Wildman–Crippen MR) is 150 cm³/mol. The van der Waals surface area contributed by atoms with Crippen molar-refractivity contribution in [2.45, 2.75) is 109 Å². The third-order valence-corrected chi connectivity index (χ3v) is 11.3. The molecule has 0 spiro atoms. The van der Waals surface area contributed by atoms with Crippen molar-refractivity contribution < 1.29 is 15.3 Å². The van der Waals surface area contributed by atoms with E-state index in [4.69, 9.17) is 0 Å². The van der Waals surface area contributed by atoms with E-state index in [1.54, 1.807) is 0 Å². The van der Waals surface area contributed by atoms with Gasteiger partial charge in [-0.2, -0.15) is 5.10 Å². The van der Waals surface area contributed by atoms with Crippen molar-refractivity contribution in [2.75, 3.05) is 5.43 Å². The Hall–Kier alpha value is -1.69. The van der Waals surface area contributed by atoms with Crippen LogP contribution in [0.15, 0.2) is 47.1 Å². The van der Waals surface area contributed by atoms with Gasteiger partial charge in [-0.1, -0.05) is 43.7 Å². The first-order chi connectivity index (χ1) is 17.7. The molecule has 0 aliphatic heterocycles. The van der Waals surface area contributed by atoms with Crippen LogP contribution in [0.25, 0.3) is 0 Å². The van der Waals surface area contributed by atoms with Gasteiger partial charge >= 0.3 is 0 Å². The Kier molecular flexibility index (Phi) is 7.61. The third-order valence-electron chi connectivity index (χ3n) is 11.3. The molecule has 3 saturated carbocycles. The fourth-order valence-corrected chi connectivity index (χ4v) is 9.23. The van der Waals surface area contributed by atoms with Crippen LogP contribution in [0.5, 0.6) is 0 Å². The third kappa shape index (κ3) is 4.92. The number of allylic oxidation sites excluding steroid dienone is 1. The van der Waals surface area contributed by atoms with Crippen LogP contribution in [0.3, 0.4) is 0 Å². The zero-order valence-electron chi connectivity index (χ0n) is 23.1. The Morgan fingerprint density at radius 3 is 2.68 bits per heavy atom. The first-order valence-electron chi connectivity index (χ1n) is 14.8. The molecule has 37 heavy (non-hydrogen) atoms. The molecular weight excluding hydrogens is 460 g/mol. The Labute approximate surface area is 223 Å². The quantitative estimate of drug-likeness (QED) is 0.144. The van der Waals surface area contributed by atoms with E-state index < -0.39 is 11.7 Å². The number of unbranched alkanes of at least 4 members (excludes halogenated alkanes) is 1. The van der Waals surface area contributed by atoms with Gasteiger partial charge in [0, 0.05) is 6.21 Å². The summed E-state index contributed by atoms with van der Waals surface area (Å²) in [6.45, 7) is 6.78. The molecule has 5 rings (SSSR count). The first-order valence-corrected chi connectivity index (χ1v) is 14.8. The number of aliphatic hydroxyl groups is 3. The van der Waals surface area contributed by atoms with Gasteiger partial charge in [0.25, 0.3) is 0 Å². The normalized spacial score (nSPS) is 39.7. The van der Waals surface area contributed by atoms with Crippen molar-refractivity contribution in [3.05, 3.63) is 42.0 Å². The number of anilines is 1. The van der Waals surface area contributed by atoms with Gasteiger partial charge in [-0.05, 0) is 124 Å². The molecule has 3 fully saturated rings. The van der Waals surface area contributed by atoms with E-state index in [9.17, 15) is 15.3 Å². The number of aliphatic hydroxyl groups excluding tert-OH is 2. The highest BCUT2D eigenvalue weighted by molar-refractivity contribution is 5.59. The van der Waals surface area contributed by atoms with Gasteiger partial charge in [0.05, 0.1) is 23.5 Å². The second-order valence-electron chi connectivity index (χ2n) is 13.3. The van der Waals surface area contributed by atoms with E-state index in [0.29, 0.717) is 24.2 Å². The number of hydrazone groups is 1. The molecule has 0 amide bonds. The van der Waals surface area contributed by atoms with Crippen molar-refractivity contribution >= 4 is 11.9 Å². The summed E-state index contributed by atoms with van der Waals surface area (Å²) in [5.74, 6) is 2.08. The SMILES string of the molecule is C[C@](O)([C@H](O)CCC/C=N/Nc1ccccc1)[C@H]1CC[C@H]2[C@@H]3CC=C4C[C@@H](O)CC[C@]4(C)[C@H]3CC[C@]12C. The lowest BCUT2D eigenvalue weighted by atomic mass is 9.46. The molecule has 5 nitrogen and oxygen atoms in total. The number of hydrogen-bond acceptors (Lipinski definition) is 5. The summed E-state index contributed by atoms with van der Waals surface area (Å²) < 4.78 is 0. The summed E-state index contributed by atoms with van der Waals surface area (Å²) in [6.07, 6.45) is 14.1. The highest BCUT2D eigenvalue weighted by Gasteiger charge is 2.62. The lowest BCUT2D eigenvalue weighted by Crippen LogP contribution is -2.55. The molecule has 9 atom stereocenters. The molecule has 0 unspecified atom stereocenters. The molecule has 4 N–H and O–H groups in total. The van der Waals surface area contributed by atoms with Crippen LogP contribution in [-0.2, 0) is 0 Å². The number of nitrogens with zero attached hydrogens (tertiary/aromatic N) is 1. The summed E-state index contributed by atoms with van der Waals surface area (Å²) in [7, 11) is 0. The molecule has 1 aromatic rings. The van der Waals surface area contributed by atoms with E-state index in [2.05, 4.69) is 30.5 Å². The Morgan fingerprint density at radius 1 is 1.11 bits per heavy atom. The van der Waals surface area contributed by atoms with Gasteiger partial charge in [0.1, 0.15) is 0 Å². The minimum atomic E-state index is -1.08. The van der Waals surface area contributed by atoms with E-state index in [1.807, 2.05) is 43.5 Å². The van der Waals surface area contributed by atoms with Gasteiger partial charge in [-0.25, -0.2) is 0 Å². The van der Waals surface area contributed by atoms with Crippen LogP contribution in [-0.4, -0.2) is 39.3 Å². The Morgan fingerprint density at radius 2 is 1.89 bits per heavy atom. The largest absolute Gasteiger partial charge is 0.393 e. The van der Waals surface area contributed by atoms with Crippen molar-refractivity contribution in [3.63, 3.8) is 0 Å². The highest BCUT2D eigenvalue weighted by Crippen LogP contribution is 2.67. The van der Waals surface area contributed by atoms with E-state index in [0.717, 1.165) is 63.5 Å². The van der Waals surface area contributed by atoms with E-state index in [1.165, 1.54) is 12.0 Å². The predicted octanol–water partition coefficient (Wildman–Crippen LogP) is 6.31. The second kappa shape index (κ2) is 10.5. The number of rotatable bonds is 8. The van der Waals surface area contributed by atoms with E-state index in [-0.39, 0.29) is 22.9 Å². The van der Waals surface area contributed by atoms with Crippen LogP contribution in [0.1, 0.15) is 91.4 Å². The molecule has 0 bridgehead atoms. The van der Waals surface area contributed by atoms with Gasteiger partial charge in [-0.3, -0.25) is 5.43 Å². The van der Waals surface area contributed by atoms with Crippen molar-refractivity contribution in [2.24, 2.45) is 39.6 Å². The molecule has 4 aliphatic rings. The minimum Gasteiger partial charge on any atom is -0.393 e. The Balaban J connectivity index is 1.19. The Bertz CT molecular complexity index is 991. The average Bonchev–Trinajstić information content (AvgIpc) is 3.25. The number of para-hydroxylation sites is 1. The molecule has 0 radical (unpaired) electrons. The van der Waals surface area contributed by atoms with Gasteiger partial charge in [-0.15, -0.1) is 0 Å². The minimum absolute atomic E-state index is 0.0720. The summed E-state index contributed by atoms with van der Waals surface area (Å²) in [4.78, 5) is 0. The van der Waals surface area contributed by atoms with Crippen LogP contribution in [0, 0.1) is 34.5 Å². The maximum atomic E-state index is 11.8. The average molecular weight is 509 g/mol. The van der Waals surface area contributed by atoms with Crippen LogP contribution in [0.4, 0.5) is 5.69 Å². The molecular formula is C32H48N2O3. The summed E-state index contributed by atoms with van der Waals surface area (Å²) in [5.41, 5.74) is 4.73. The lowest BCUT2D eigenvalue weighted by molar-refractivity contribution is -0.151. The number of fused-ring (bicyclic) bond motifs is 5. The van der Waals surface area contributed by atoms with Gasteiger partial charge < -0.3 is 15.3 Å². The molecule has 204 valence electrons. The van der Waals surface area contributed by atoms with Crippen LogP contribution < -0.4 is 5.43 Å². The highest BCUT2D eigenvalue weighted by atomic mass is 16.3. The maximum absolute atomic E-state index is 11.8. The molecule has 1 aromatic carbocycles. The molecule has 4 aliphatic carbocycles. The number of hydrogen-bond donors (Lipinski definition) is 4. The maximum Gasteiger partial charge on any atom is 0.0910 e. The topological polar surface area (TPSA) is 85.1 Å². The summed E-state index contributed by atoms with van der Waals surface area (Å²) in [5, 5.41) is 37.5. The van der Waals surface area contributed by atoms with Crippen molar-refractivity contribution in [3.8, 4) is 0 Å². The smallest absolute Gasteiger partial charge is 0.0910 e. The number of benzene rings is 1. The van der Waals surface area contributed by atoms with Crippen molar-refractivity contribution in [1.82, 2.24) is 0 Å². The van der Waals surface area contributed by atoms with Gasteiger partial charge in [0.2, 0.25) is 0 Å². The summed E-state index contributed by atoms with van der Waals surface area (Å²) in [6, 6.07) is 9.88. The van der Waals surface area contributed by atoms with Crippen LogP contribution >= 0.6 is 0 Å². The molecule has 0 saturated heterocycles.